The highest BCUT2D eigenvalue weighted by Crippen LogP contribution is 2.39. The number of likely N-dealkylation sites (N-methyl/N-ethyl adjacent to an activating group) is 1. The molecule has 0 aliphatic carbocycles. The van der Waals surface area contributed by atoms with Crippen LogP contribution >= 0.6 is 0 Å². The van der Waals surface area contributed by atoms with Crippen LogP contribution in [0.3, 0.4) is 0 Å². The van der Waals surface area contributed by atoms with Crippen molar-refractivity contribution in [1.29, 1.82) is 0 Å². The maximum Gasteiger partial charge on any atom is 0.316 e. The number of rotatable bonds is 4. The van der Waals surface area contributed by atoms with Gasteiger partial charge in [-0.2, -0.15) is 0 Å². The molecule has 1 aromatic carbocycles. The Morgan fingerprint density at radius 1 is 1.32 bits per heavy atom. The van der Waals surface area contributed by atoms with E-state index in [4.69, 9.17) is 9.47 Å². The molecular weight excluding hydrogens is 282 g/mol. The summed E-state index contributed by atoms with van der Waals surface area (Å²) in [7, 11) is 2.21. The zero-order chi connectivity index (χ0) is 15.3. The van der Waals surface area contributed by atoms with Gasteiger partial charge in [-0.3, -0.25) is 4.79 Å². The molecule has 3 heterocycles. The maximum absolute atomic E-state index is 12.4. The van der Waals surface area contributed by atoms with Gasteiger partial charge in [-0.25, -0.2) is 0 Å². The standard InChI is InChI=1S/C17H21NO4/c1-18-13-7-11(8-14(18)16-15(13)22-16)21-17(20)12(9-19)10-5-3-2-4-6-10/h2-6,11-16,19H,7-9H2,1H3/p+1/t11?,12-,13-,14+,15+,16-/m1/s1. The van der Waals surface area contributed by atoms with Crippen LogP contribution < -0.4 is 4.90 Å². The number of carbonyl (C=O) groups excluding carboxylic acids is 1. The molecule has 118 valence electrons. The third-order valence-electron chi connectivity index (χ3n) is 5.51. The van der Waals surface area contributed by atoms with Crippen LogP contribution in [0.15, 0.2) is 30.3 Å². The molecule has 4 rings (SSSR count). The number of piperidine rings is 1. The van der Waals surface area contributed by atoms with Gasteiger partial charge in [0, 0.05) is 12.8 Å². The molecule has 5 nitrogen and oxygen atoms in total. The first-order valence-electron chi connectivity index (χ1n) is 8.04. The number of morpholine rings is 1. The van der Waals surface area contributed by atoms with Crippen LogP contribution in [0.1, 0.15) is 24.3 Å². The van der Waals surface area contributed by atoms with Gasteiger partial charge in [-0.05, 0) is 5.56 Å². The number of esters is 1. The minimum absolute atomic E-state index is 0.0413. The third-order valence-corrected chi connectivity index (χ3v) is 5.51. The molecule has 0 saturated carbocycles. The summed E-state index contributed by atoms with van der Waals surface area (Å²) < 4.78 is 11.4. The number of hydrogen-bond acceptors (Lipinski definition) is 4. The molecule has 0 amide bonds. The van der Waals surface area contributed by atoms with Crippen molar-refractivity contribution in [2.24, 2.45) is 0 Å². The van der Waals surface area contributed by atoms with Crippen LogP contribution in [0.25, 0.3) is 0 Å². The van der Waals surface area contributed by atoms with E-state index in [0.717, 1.165) is 18.4 Å². The first-order valence-corrected chi connectivity index (χ1v) is 8.04. The summed E-state index contributed by atoms with van der Waals surface area (Å²) in [4.78, 5) is 14.0. The lowest BCUT2D eigenvalue weighted by molar-refractivity contribution is -0.930. The minimum Gasteiger partial charge on any atom is -0.461 e. The van der Waals surface area contributed by atoms with Gasteiger partial charge in [-0.1, -0.05) is 30.3 Å². The van der Waals surface area contributed by atoms with E-state index in [9.17, 15) is 9.90 Å². The Bertz CT molecular complexity index is 545. The summed E-state index contributed by atoms with van der Waals surface area (Å²) in [5.41, 5.74) is 0.808. The van der Waals surface area contributed by atoms with E-state index in [1.54, 1.807) is 0 Å². The number of hydrogen-bond donors (Lipinski definition) is 2. The van der Waals surface area contributed by atoms with Crippen molar-refractivity contribution < 1.29 is 24.3 Å². The van der Waals surface area contributed by atoms with E-state index in [0.29, 0.717) is 24.3 Å². The fourth-order valence-corrected chi connectivity index (χ4v) is 4.22. The number of aliphatic hydroxyl groups is 1. The van der Waals surface area contributed by atoms with Crippen LogP contribution in [0, 0.1) is 0 Å². The van der Waals surface area contributed by atoms with Crippen LogP contribution in [0.4, 0.5) is 0 Å². The average molecular weight is 304 g/mol. The second-order valence-electron chi connectivity index (χ2n) is 6.70. The lowest BCUT2D eigenvalue weighted by atomic mass is 9.97. The predicted molar refractivity (Wildman–Crippen MR) is 78.5 cm³/mol. The lowest BCUT2D eigenvalue weighted by Gasteiger charge is -2.35. The average Bonchev–Trinajstić information content (AvgIpc) is 3.27. The minimum atomic E-state index is -0.586. The van der Waals surface area contributed by atoms with Gasteiger partial charge >= 0.3 is 5.97 Å². The number of fused-ring (bicyclic) bond motifs is 5. The second kappa shape index (κ2) is 5.33. The number of ether oxygens (including phenoxy) is 2. The first kappa shape index (κ1) is 14.2. The molecule has 2 bridgehead atoms. The van der Waals surface area contributed by atoms with Crippen molar-refractivity contribution in [2.45, 2.75) is 49.2 Å². The highest BCUT2D eigenvalue weighted by Gasteiger charge is 2.66. The predicted octanol–water partition coefficient (Wildman–Crippen LogP) is -0.499. The van der Waals surface area contributed by atoms with E-state index < -0.39 is 5.92 Å². The number of carbonyl (C=O) groups is 1. The molecule has 3 fully saturated rings. The van der Waals surface area contributed by atoms with Crippen LogP contribution in [-0.2, 0) is 14.3 Å². The molecular formula is C17H22NO4+. The first-order chi connectivity index (χ1) is 10.7. The molecule has 2 unspecified atom stereocenters. The summed E-state index contributed by atoms with van der Waals surface area (Å²) >= 11 is 0. The molecule has 22 heavy (non-hydrogen) atoms. The Morgan fingerprint density at radius 2 is 1.95 bits per heavy atom. The van der Waals surface area contributed by atoms with Crippen molar-refractivity contribution in [3.63, 3.8) is 0 Å². The van der Waals surface area contributed by atoms with Crippen molar-refractivity contribution >= 4 is 5.97 Å². The monoisotopic (exact) mass is 304 g/mol. The van der Waals surface area contributed by atoms with Crippen molar-refractivity contribution in [3.05, 3.63) is 35.9 Å². The van der Waals surface area contributed by atoms with E-state index >= 15 is 0 Å². The Hall–Kier alpha value is -1.43. The fraction of sp³-hybridized carbons (Fsp3) is 0.588. The van der Waals surface area contributed by atoms with Gasteiger partial charge in [0.15, 0.2) is 0 Å². The zero-order valence-corrected chi connectivity index (χ0v) is 12.6. The summed E-state index contributed by atoms with van der Waals surface area (Å²) in [5.74, 6) is -0.899. The third kappa shape index (κ3) is 2.24. The fourth-order valence-electron chi connectivity index (χ4n) is 4.22. The molecule has 0 radical (unpaired) electrons. The largest absolute Gasteiger partial charge is 0.461 e. The van der Waals surface area contributed by atoms with E-state index in [1.165, 1.54) is 4.90 Å². The summed E-state index contributed by atoms with van der Waals surface area (Å²) in [6.07, 6.45) is 2.43. The van der Waals surface area contributed by atoms with Gasteiger partial charge < -0.3 is 19.5 Å². The van der Waals surface area contributed by atoms with E-state index in [2.05, 4.69) is 7.05 Å². The number of nitrogens with one attached hydrogen (secondary N) is 1. The van der Waals surface area contributed by atoms with E-state index in [1.807, 2.05) is 30.3 Å². The van der Waals surface area contributed by atoms with Crippen LogP contribution in [0.2, 0.25) is 0 Å². The summed E-state index contributed by atoms with van der Waals surface area (Å²) in [5, 5.41) is 9.56. The molecule has 7 atom stereocenters. The smallest absolute Gasteiger partial charge is 0.316 e. The Kier molecular flexibility index (Phi) is 3.44. The topological polar surface area (TPSA) is 63.5 Å². The molecule has 0 spiro atoms. The summed E-state index contributed by atoms with van der Waals surface area (Å²) in [6, 6.07) is 10.2. The molecule has 3 saturated heterocycles. The molecule has 0 aromatic heterocycles. The zero-order valence-electron chi connectivity index (χ0n) is 12.6. The highest BCUT2D eigenvalue weighted by atomic mass is 16.6. The second-order valence-corrected chi connectivity index (χ2v) is 6.70. The quantitative estimate of drug-likeness (QED) is 0.581. The Labute approximate surface area is 129 Å². The lowest BCUT2D eigenvalue weighted by Crippen LogP contribution is -3.17. The van der Waals surface area contributed by atoms with Crippen LogP contribution in [0.5, 0.6) is 0 Å². The van der Waals surface area contributed by atoms with Crippen molar-refractivity contribution in [1.82, 2.24) is 0 Å². The number of benzene rings is 1. The Balaban J connectivity index is 1.42. The van der Waals surface area contributed by atoms with Crippen molar-refractivity contribution in [2.75, 3.05) is 13.7 Å². The van der Waals surface area contributed by atoms with Gasteiger partial charge in [0.05, 0.1) is 13.7 Å². The maximum atomic E-state index is 12.4. The molecule has 5 heteroatoms. The number of epoxide rings is 1. The number of aliphatic hydroxyl groups excluding tert-OH is 1. The summed E-state index contributed by atoms with van der Waals surface area (Å²) in [6.45, 7) is -0.220. The van der Waals surface area contributed by atoms with E-state index in [-0.39, 0.29) is 18.7 Å². The highest BCUT2D eigenvalue weighted by molar-refractivity contribution is 5.78. The molecule has 3 aliphatic heterocycles. The van der Waals surface area contributed by atoms with Gasteiger partial charge in [0.2, 0.25) is 0 Å². The SMILES string of the molecule is C[NH+]1[C@@H]2CC(OC(=O)[C@H](CO)c3ccccc3)C[C@H]1[C@H]1O[C@H]12. The van der Waals surface area contributed by atoms with Gasteiger partial charge in [0.1, 0.15) is 36.3 Å². The van der Waals surface area contributed by atoms with Gasteiger partial charge in [0.25, 0.3) is 0 Å². The van der Waals surface area contributed by atoms with Gasteiger partial charge in [-0.15, -0.1) is 0 Å². The number of quaternary nitrogens is 1. The molecule has 1 aromatic rings. The van der Waals surface area contributed by atoms with Crippen LogP contribution in [-0.4, -0.2) is 55.1 Å². The molecule has 3 aliphatic rings. The Morgan fingerprint density at radius 3 is 2.55 bits per heavy atom. The normalized spacial score (nSPS) is 39.9. The van der Waals surface area contributed by atoms with Crippen molar-refractivity contribution in [3.8, 4) is 0 Å². The molecule has 2 N–H and O–H groups in total.